The van der Waals surface area contributed by atoms with Crippen molar-refractivity contribution < 1.29 is 33.8 Å². The van der Waals surface area contributed by atoms with Gasteiger partial charge in [-0.1, -0.05) is 24.3 Å². The highest BCUT2D eigenvalue weighted by Crippen LogP contribution is 2.31. The molecule has 1 aliphatic rings. The van der Waals surface area contributed by atoms with Crippen LogP contribution in [0.1, 0.15) is 59.2 Å². The van der Waals surface area contributed by atoms with Crippen molar-refractivity contribution in [3.05, 3.63) is 99.3 Å². The summed E-state index contributed by atoms with van der Waals surface area (Å²) in [6.45, 7) is 0.202. The van der Waals surface area contributed by atoms with E-state index < -0.39 is 5.97 Å². The SMILES string of the molecule is O=C(O)CCc1cc(C(=O)c2ccc(OC3CCCC3)cc2O)ccc1OCc1ccc(-c2cc(=O)[nH]o2)cc1. The monoisotopic (exact) mass is 543 g/mol. The van der Waals surface area contributed by atoms with Gasteiger partial charge in [-0.3, -0.25) is 14.4 Å². The summed E-state index contributed by atoms with van der Waals surface area (Å²) >= 11 is 0. The maximum atomic E-state index is 13.3. The number of carbonyl (C=O) groups excluding carboxylic acids is 1. The number of aromatic amines is 1. The van der Waals surface area contributed by atoms with Crippen LogP contribution in [0, 0.1) is 0 Å². The molecule has 5 rings (SSSR count). The zero-order valence-electron chi connectivity index (χ0n) is 21.7. The van der Waals surface area contributed by atoms with E-state index in [1.54, 1.807) is 42.5 Å². The minimum atomic E-state index is -0.967. The maximum absolute atomic E-state index is 13.3. The number of hydrogen-bond acceptors (Lipinski definition) is 7. The molecule has 3 aromatic carbocycles. The summed E-state index contributed by atoms with van der Waals surface area (Å²) < 4.78 is 17.0. The van der Waals surface area contributed by atoms with E-state index in [-0.39, 0.29) is 48.2 Å². The summed E-state index contributed by atoms with van der Waals surface area (Å²) in [7, 11) is 0. The number of ketones is 1. The molecule has 0 atom stereocenters. The highest BCUT2D eigenvalue weighted by Gasteiger charge is 2.20. The molecule has 1 heterocycles. The number of aromatic hydroxyl groups is 1. The van der Waals surface area contributed by atoms with Gasteiger partial charge in [-0.15, -0.1) is 0 Å². The number of phenolic OH excluding ortho intramolecular Hbond substituents is 1. The van der Waals surface area contributed by atoms with Gasteiger partial charge in [-0.2, -0.15) is 5.16 Å². The zero-order chi connectivity index (χ0) is 28.1. The van der Waals surface area contributed by atoms with E-state index in [0.717, 1.165) is 36.8 Å². The number of nitrogens with one attached hydrogen (secondary N) is 1. The third kappa shape index (κ3) is 6.43. The molecule has 206 valence electrons. The van der Waals surface area contributed by atoms with Crippen molar-refractivity contribution in [2.24, 2.45) is 0 Å². The van der Waals surface area contributed by atoms with Gasteiger partial charge in [-0.25, -0.2) is 0 Å². The molecule has 1 aliphatic carbocycles. The van der Waals surface area contributed by atoms with Gasteiger partial charge in [-0.05, 0) is 73.6 Å². The van der Waals surface area contributed by atoms with Crippen LogP contribution in [0.25, 0.3) is 11.3 Å². The molecule has 4 aromatic rings. The first-order valence-electron chi connectivity index (χ1n) is 13.2. The summed E-state index contributed by atoms with van der Waals surface area (Å²) in [5, 5.41) is 22.1. The van der Waals surface area contributed by atoms with Crippen LogP contribution in [0.15, 0.2) is 76.0 Å². The molecule has 0 spiro atoms. The minimum Gasteiger partial charge on any atom is -0.507 e. The molecule has 0 saturated heterocycles. The first-order valence-corrected chi connectivity index (χ1v) is 13.2. The van der Waals surface area contributed by atoms with Crippen molar-refractivity contribution in [3.8, 4) is 28.6 Å². The Labute approximate surface area is 230 Å². The number of aromatic nitrogens is 1. The van der Waals surface area contributed by atoms with Crippen molar-refractivity contribution in [2.75, 3.05) is 0 Å². The van der Waals surface area contributed by atoms with Crippen LogP contribution in [0.5, 0.6) is 17.2 Å². The van der Waals surface area contributed by atoms with Gasteiger partial charge in [0.1, 0.15) is 23.9 Å². The van der Waals surface area contributed by atoms with Crippen molar-refractivity contribution in [2.45, 2.75) is 51.2 Å². The number of benzene rings is 3. The zero-order valence-corrected chi connectivity index (χ0v) is 21.7. The molecule has 0 amide bonds. The van der Waals surface area contributed by atoms with Crippen LogP contribution in [-0.4, -0.2) is 33.2 Å². The number of aryl methyl sites for hydroxylation is 1. The Morgan fingerprint density at radius 2 is 1.75 bits per heavy atom. The molecule has 40 heavy (non-hydrogen) atoms. The molecule has 9 nitrogen and oxygen atoms in total. The van der Waals surface area contributed by atoms with Crippen LogP contribution < -0.4 is 15.0 Å². The van der Waals surface area contributed by atoms with Crippen LogP contribution in [-0.2, 0) is 17.8 Å². The predicted octanol–water partition coefficient (Wildman–Crippen LogP) is 5.49. The van der Waals surface area contributed by atoms with Crippen LogP contribution in [0.3, 0.4) is 0 Å². The third-order valence-electron chi connectivity index (χ3n) is 6.91. The molecule has 1 saturated carbocycles. The van der Waals surface area contributed by atoms with Crippen molar-refractivity contribution in [1.29, 1.82) is 0 Å². The van der Waals surface area contributed by atoms with Crippen molar-refractivity contribution in [3.63, 3.8) is 0 Å². The van der Waals surface area contributed by atoms with E-state index in [0.29, 0.717) is 28.4 Å². The molecule has 1 fully saturated rings. The molecule has 0 aliphatic heterocycles. The van der Waals surface area contributed by atoms with Gasteiger partial charge >= 0.3 is 5.97 Å². The van der Waals surface area contributed by atoms with E-state index in [2.05, 4.69) is 5.16 Å². The van der Waals surface area contributed by atoms with Gasteiger partial charge in [0.05, 0.1) is 17.7 Å². The number of phenols is 1. The lowest BCUT2D eigenvalue weighted by atomic mass is 9.98. The summed E-state index contributed by atoms with van der Waals surface area (Å²) in [6, 6.07) is 18.2. The van der Waals surface area contributed by atoms with E-state index in [9.17, 15) is 24.6 Å². The average molecular weight is 544 g/mol. The van der Waals surface area contributed by atoms with E-state index in [4.69, 9.17) is 14.0 Å². The Bertz CT molecular complexity index is 1560. The number of H-pyrrole nitrogens is 1. The quantitative estimate of drug-likeness (QED) is 0.211. The number of rotatable bonds is 11. The predicted molar refractivity (Wildman–Crippen MR) is 146 cm³/mol. The average Bonchev–Trinajstić information content (AvgIpc) is 3.63. The molecule has 0 radical (unpaired) electrons. The molecule has 1 aromatic heterocycles. The van der Waals surface area contributed by atoms with E-state index in [1.807, 2.05) is 12.1 Å². The smallest absolute Gasteiger partial charge is 0.303 e. The first-order chi connectivity index (χ1) is 19.4. The fourth-order valence-corrected chi connectivity index (χ4v) is 4.78. The summed E-state index contributed by atoms with van der Waals surface area (Å²) in [5.41, 5.74) is 2.27. The van der Waals surface area contributed by atoms with Crippen molar-refractivity contribution in [1.82, 2.24) is 5.16 Å². The topological polar surface area (TPSA) is 139 Å². The van der Waals surface area contributed by atoms with E-state index >= 15 is 0 Å². The lowest BCUT2D eigenvalue weighted by Gasteiger charge is -2.15. The van der Waals surface area contributed by atoms with E-state index in [1.165, 1.54) is 12.1 Å². The molecular formula is C31H29NO8. The Kier molecular flexibility index (Phi) is 8.00. The Balaban J connectivity index is 1.31. The highest BCUT2D eigenvalue weighted by atomic mass is 16.5. The Hall–Kier alpha value is -4.79. The molecule has 0 bridgehead atoms. The lowest BCUT2D eigenvalue weighted by molar-refractivity contribution is -0.136. The second kappa shape index (κ2) is 11.9. The van der Waals surface area contributed by atoms with Crippen LogP contribution >= 0.6 is 0 Å². The third-order valence-corrected chi connectivity index (χ3v) is 6.91. The van der Waals surface area contributed by atoms with Gasteiger partial charge < -0.3 is 24.2 Å². The lowest BCUT2D eigenvalue weighted by Crippen LogP contribution is -2.11. The number of ether oxygens (including phenoxy) is 2. The molecular weight excluding hydrogens is 514 g/mol. The summed E-state index contributed by atoms with van der Waals surface area (Å²) in [4.78, 5) is 35.8. The maximum Gasteiger partial charge on any atom is 0.303 e. The first kappa shape index (κ1) is 26.8. The van der Waals surface area contributed by atoms with Gasteiger partial charge in [0.15, 0.2) is 11.5 Å². The second-order valence-electron chi connectivity index (χ2n) is 9.81. The standard InChI is InChI=1S/C31H29NO8/c33-26-16-24(39-23-3-1-2-4-23)11-12-25(26)31(37)22-9-13-27(21(15-22)10-14-30(35)36)38-18-19-5-7-20(8-6-19)28-17-29(34)32-40-28/h5-9,11-13,15-17,23,33H,1-4,10,14,18H2,(H,32,34)(H,35,36). The highest BCUT2D eigenvalue weighted by molar-refractivity contribution is 6.11. The Morgan fingerprint density at radius 3 is 2.42 bits per heavy atom. The van der Waals surface area contributed by atoms with Crippen molar-refractivity contribution >= 4 is 11.8 Å². The number of carboxylic acid groups (broad SMARTS) is 1. The minimum absolute atomic E-state index is 0.130. The molecule has 3 N–H and O–H groups in total. The number of carboxylic acids is 1. The number of carbonyl (C=O) groups is 2. The summed E-state index contributed by atoms with van der Waals surface area (Å²) in [6.07, 6.45) is 4.36. The van der Waals surface area contributed by atoms with Crippen LogP contribution in [0.2, 0.25) is 0 Å². The normalized spacial score (nSPS) is 13.3. The number of aliphatic carboxylic acids is 1. The Morgan fingerprint density at radius 1 is 0.975 bits per heavy atom. The molecule has 9 heteroatoms. The van der Waals surface area contributed by atoms with Gasteiger partial charge in [0.25, 0.3) is 5.56 Å². The molecule has 0 unspecified atom stereocenters. The largest absolute Gasteiger partial charge is 0.507 e. The van der Waals surface area contributed by atoms with Crippen LogP contribution in [0.4, 0.5) is 0 Å². The number of hydrogen-bond donors (Lipinski definition) is 3. The second-order valence-corrected chi connectivity index (χ2v) is 9.81. The fourth-order valence-electron chi connectivity index (χ4n) is 4.78. The van der Waals surface area contributed by atoms with Gasteiger partial charge in [0, 0.05) is 23.6 Å². The fraction of sp³-hybridized carbons (Fsp3) is 0.258. The van der Waals surface area contributed by atoms with Gasteiger partial charge in [0.2, 0.25) is 0 Å². The summed E-state index contributed by atoms with van der Waals surface area (Å²) in [5.74, 6) is -0.114.